The number of rotatable bonds is 8. The smallest absolute Gasteiger partial charge is 0.246 e. The summed E-state index contributed by atoms with van der Waals surface area (Å²) in [5.41, 5.74) is 0. The third-order valence-electron chi connectivity index (χ3n) is 2.92. The van der Waals surface area contributed by atoms with Crippen molar-refractivity contribution in [3.63, 3.8) is 0 Å². The molecule has 1 N–H and O–H groups in total. The van der Waals surface area contributed by atoms with Crippen molar-refractivity contribution in [3.05, 3.63) is 12.4 Å². The average molecular weight is 268 g/mol. The predicted octanol–water partition coefficient (Wildman–Crippen LogP) is -0.0200. The van der Waals surface area contributed by atoms with E-state index in [1.54, 1.807) is 17.1 Å². The van der Waals surface area contributed by atoms with Crippen LogP contribution in [0.3, 0.4) is 0 Å². The van der Waals surface area contributed by atoms with E-state index in [9.17, 15) is 4.79 Å². The summed E-state index contributed by atoms with van der Waals surface area (Å²) in [7, 11) is 0. The number of aromatic nitrogens is 3. The van der Waals surface area contributed by atoms with Crippen molar-refractivity contribution >= 4 is 5.91 Å². The van der Waals surface area contributed by atoms with Crippen LogP contribution in [0.4, 0.5) is 0 Å². The molecule has 1 atom stereocenters. The van der Waals surface area contributed by atoms with Crippen molar-refractivity contribution < 1.29 is 14.3 Å². The van der Waals surface area contributed by atoms with Crippen LogP contribution in [0, 0.1) is 0 Å². The topological polar surface area (TPSA) is 78.3 Å². The van der Waals surface area contributed by atoms with Gasteiger partial charge in [0.05, 0.1) is 18.9 Å². The van der Waals surface area contributed by atoms with Crippen LogP contribution in [0.2, 0.25) is 0 Å². The summed E-state index contributed by atoms with van der Waals surface area (Å²) >= 11 is 0. The first-order chi connectivity index (χ1) is 9.34. The zero-order valence-electron chi connectivity index (χ0n) is 11.0. The Labute approximate surface area is 112 Å². The monoisotopic (exact) mass is 268 g/mol. The third kappa shape index (κ3) is 5.35. The van der Waals surface area contributed by atoms with Crippen molar-refractivity contribution in [2.45, 2.75) is 31.9 Å². The number of hydrogen-bond acceptors (Lipinski definition) is 5. The highest BCUT2D eigenvalue weighted by atomic mass is 16.5. The lowest BCUT2D eigenvalue weighted by Gasteiger charge is -2.10. The SMILES string of the molecule is O=C(COC[C@H]1CCCO1)NCCCn1ccnn1. The number of carbonyl (C=O) groups is 1. The molecular formula is C12H20N4O3. The van der Waals surface area contributed by atoms with Gasteiger partial charge in [-0.3, -0.25) is 9.48 Å². The summed E-state index contributed by atoms with van der Waals surface area (Å²) in [6.45, 7) is 2.77. The van der Waals surface area contributed by atoms with Gasteiger partial charge < -0.3 is 14.8 Å². The second-order valence-corrected chi connectivity index (χ2v) is 4.52. The molecule has 0 saturated carbocycles. The van der Waals surface area contributed by atoms with Crippen molar-refractivity contribution in [1.29, 1.82) is 0 Å². The number of aryl methyl sites for hydroxylation is 1. The van der Waals surface area contributed by atoms with Gasteiger partial charge in [-0.25, -0.2) is 0 Å². The van der Waals surface area contributed by atoms with E-state index in [4.69, 9.17) is 9.47 Å². The zero-order valence-corrected chi connectivity index (χ0v) is 11.0. The van der Waals surface area contributed by atoms with Crippen LogP contribution in [-0.2, 0) is 20.8 Å². The second-order valence-electron chi connectivity index (χ2n) is 4.52. The van der Waals surface area contributed by atoms with E-state index < -0.39 is 0 Å². The van der Waals surface area contributed by atoms with Crippen LogP contribution in [-0.4, -0.2) is 53.4 Å². The van der Waals surface area contributed by atoms with Crippen molar-refractivity contribution in [1.82, 2.24) is 20.3 Å². The summed E-state index contributed by atoms with van der Waals surface area (Å²) in [6, 6.07) is 0. The van der Waals surface area contributed by atoms with Crippen LogP contribution in [0.15, 0.2) is 12.4 Å². The molecular weight excluding hydrogens is 248 g/mol. The Morgan fingerprint density at radius 2 is 2.53 bits per heavy atom. The minimum absolute atomic E-state index is 0.0865. The molecule has 1 amide bonds. The Hall–Kier alpha value is -1.47. The van der Waals surface area contributed by atoms with E-state index in [1.165, 1.54) is 0 Å². The van der Waals surface area contributed by atoms with Gasteiger partial charge in [0.2, 0.25) is 5.91 Å². The van der Waals surface area contributed by atoms with E-state index in [2.05, 4.69) is 15.6 Å². The summed E-state index contributed by atoms with van der Waals surface area (Å²) < 4.78 is 12.5. The maximum Gasteiger partial charge on any atom is 0.246 e. The fraction of sp³-hybridized carbons (Fsp3) is 0.750. The highest BCUT2D eigenvalue weighted by Gasteiger charge is 2.15. The molecule has 0 aromatic carbocycles. The fourth-order valence-electron chi connectivity index (χ4n) is 1.93. The van der Waals surface area contributed by atoms with E-state index in [-0.39, 0.29) is 18.6 Å². The molecule has 1 aliphatic heterocycles. The third-order valence-corrected chi connectivity index (χ3v) is 2.92. The summed E-state index contributed by atoms with van der Waals surface area (Å²) in [6.07, 6.45) is 6.53. The maximum absolute atomic E-state index is 11.5. The van der Waals surface area contributed by atoms with Crippen LogP contribution < -0.4 is 5.32 Å². The second kappa shape index (κ2) is 7.85. The minimum Gasteiger partial charge on any atom is -0.376 e. The molecule has 2 heterocycles. The maximum atomic E-state index is 11.5. The Balaban J connectivity index is 1.45. The first kappa shape index (κ1) is 14.0. The molecule has 0 unspecified atom stereocenters. The van der Waals surface area contributed by atoms with Gasteiger partial charge in [0, 0.05) is 25.9 Å². The van der Waals surface area contributed by atoms with Gasteiger partial charge in [0.1, 0.15) is 6.61 Å². The van der Waals surface area contributed by atoms with Crippen molar-refractivity contribution in [3.8, 4) is 0 Å². The van der Waals surface area contributed by atoms with E-state index >= 15 is 0 Å². The lowest BCUT2D eigenvalue weighted by molar-refractivity contribution is -0.126. The van der Waals surface area contributed by atoms with Gasteiger partial charge in [0.15, 0.2) is 0 Å². The van der Waals surface area contributed by atoms with E-state index in [1.807, 2.05) is 0 Å². The first-order valence-electron chi connectivity index (χ1n) is 6.65. The summed E-state index contributed by atoms with van der Waals surface area (Å²) in [5.74, 6) is -0.0865. The van der Waals surface area contributed by atoms with Crippen LogP contribution in [0.25, 0.3) is 0 Å². The number of nitrogens with zero attached hydrogens (tertiary/aromatic N) is 3. The molecule has 106 valence electrons. The molecule has 19 heavy (non-hydrogen) atoms. The van der Waals surface area contributed by atoms with Gasteiger partial charge in [-0.1, -0.05) is 5.21 Å². The van der Waals surface area contributed by atoms with Gasteiger partial charge >= 0.3 is 0 Å². The number of hydrogen-bond donors (Lipinski definition) is 1. The van der Waals surface area contributed by atoms with E-state index in [0.29, 0.717) is 13.2 Å². The molecule has 1 fully saturated rings. The van der Waals surface area contributed by atoms with Crippen LogP contribution in [0.5, 0.6) is 0 Å². The molecule has 0 bridgehead atoms. The van der Waals surface area contributed by atoms with Crippen LogP contribution >= 0.6 is 0 Å². The molecule has 0 radical (unpaired) electrons. The molecule has 7 nitrogen and oxygen atoms in total. The van der Waals surface area contributed by atoms with Crippen molar-refractivity contribution in [2.24, 2.45) is 0 Å². The Morgan fingerprint density at radius 3 is 3.26 bits per heavy atom. The quantitative estimate of drug-likeness (QED) is 0.670. The highest BCUT2D eigenvalue weighted by Crippen LogP contribution is 2.11. The number of ether oxygens (including phenoxy) is 2. The zero-order chi connectivity index (χ0) is 13.3. The van der Waals surface area contributed by atoms with Gasteiger partial charge in [0.25, 0.3) is 0 Å². The minimum atomic E-state index is -0.0865. The molecule has 1 aliphatic rings. The molecule has 1 aromatic rings. The molecule has 0 spiro atoms. The normalized spacial score (nSPS) is 18.6. The van der Waals surface area contributed by atoms with Gasteiger partial charge in [-0.2, -0.15) is 0 Å². The van der Waals surface area contributed by atoms with Gasteiger partial charge in [-0.15, -0.1) is 5.10 Å². The molecule has 2 rings (SSSR count). The largest absolute Gasteiger partial charge is 0.376 e. The van der Waals surface area contributed by atoms with Crippen LogP contribution in [0.1, 0.15) is 19.3 Å². The molecule has 7 heteroatoms. The molecule has 0 aliphatic carbocycles. The van der Waals surface area contributed by atoms with Gasteiger partial charge in [-0.05, 0) is 19.3 Å². The fourth-order valence-corrected chi connectivity index (χ4v) is 1.93. The number of amides is 1. The Morgan fingerprint density at radius 1 is 1.58 bits per heavy atom. The Kier molecular flexibility index (Phi) is 5.77. The summed E-state index contributed by atoms with van der Waals surface area (Å²) in [4.78, 5) is 11.5. The predicted molar refractivity (Wildman–Crippen MR) is 67.4 cm³/mol. The lowest BCUT2D eigenvalue weighted by Crippen LogP contribution is -2.30. The average Bonchev–Trinajstić information content (AvgIpc) is 3.07. The standard InChI is InChI=1S/C12H20N4O3/c17-12(10-18-9-11-3-1-8-19-11)13-4-2-6-16-7-5-14-15-16/h5,7,11H,1-4,6,8-10H2,(H,13,17)/t11-/m1/s1. The molecule has 1 saturated heterocycles. The lowest BCUT2D eigenvalue weighted by atomic mass is 10.2. The van der Waals surface area contributed by atoms with Crippen molar-refractivity contribution in [2.75, 3.05) is 26.4 Å². The van der Waals surface area contributed by atoms with E-state index in [0.717, 1.165) is 32.4 Å². The summed E-state index contributed by atoms with van der Waals surface area (Å²) in [5, 5.41) is 10.4. The number of carbonyl (C=O) groups excluding carboxylic acids is 1. The Bertz CT molecular complexity index is 363. The number of nitrogens with one attached hydrogen (secondary N) is 1. The highest BCUT2D eigenvalue weighted by molar-refractivity contribution is 5.77. The molecule has 1 aromatic heterocycles. The first-order valence-corrected chi connectivity index (χ1v) is 6.65.